The summed E-state index contributed by atoms with van der Waals surface area (Å²) in [6, 6.07) is 23.0. The van der Waals surface area contributed by atoms with E-state index in [1.165, 1.54) is 6.21 Å². The third-order valence-electron chi connectivity index (χ3n) is 4.71. The smallest absolute Gasteiger partial charge is 0.343 e. The fourth-order valence-electron chi connectivity index (χ4n) is 2.93. The fourth-order valence-corrected chi connectivity index (χ4v) is 3.67. The molecule has 35 heavy (non-hydrogen) atoms. The Labute approximate surface area is 204 Å². The molecule has 0 aliphatic heterocycles. The van der Waals surface area contributed by atoms with Crippen molar-refractivity contribution in [2.75, 3.05) is 5.32 Å². The van der Waals surface area contributed by atoms with Gasteiger partial charge in [-0.3, -0.25) is 14.9 Å². The minimum atomic E-state index is -0.957. The molecule has 0 fully saturated rings. The summed E-state index contributed by atoms with van der Waals surface area (Å²) in [7, 11) is 0. The van der Waals surface area contributed by atoms with E-state index >= 15 is 0 Å². The number of carbonyl (C=O) groups is 3. The van der Waals surface area contributed by atoms with Gasteiger partial charge in [-0.2, -0.15) is 5.10 Å². The zero-order valence-corrected chi connectivity index (χ0v) is 19.3. The van der Waals surface area contributed by atoms with Crippen LogP contribution in [0.15, 0.2) is 84.0 Å². The summed E-state index contributed by atoms with van der Waals surface area (Å²) in [6.45, 7) is 1.83. The van der Waals surface area contributed by atoms with Gasteiger partial charge in [-0.25, -0.2) is 10.2 Å². The van der Waals surface area contributed by atoms with Gasteiger partial charge in [-0.15, -0.1) is 10.2 Å². The van der Waals surface area contributed by atoms with E-state index in [0.717, 1.165) is 22.5 Å². The van der Waals surface area contributed by atoms with E-state index in [4.69, 9.17) is 4.74 Å². The van der Waals surface area contributed by atoms with Crippen molar-refractivity contribution in [1.82, 2.24) is 15.6 Å². The molecule has 2 N–H and O–H groups in total. The summed E-state index contributed by atoms with van der Waals surface area (Å²) >= 11 is 1.15. The van der Waals surface area contributed by atoms with Gasteiger partial charge in [0.2, 0.25) is 5.13 Å². The monoisotopic (exact) mass is 485 g/mol. The van der Waals surface area contributed by atoms with Gasteiger partial charge in [0.1, 0.15) is 10.8 Å². The maximum atomic E-state index is 12.3. The minimum Gasteiger partial charge on any atom is -0.423 e. The van der Waals surface area contributed by atoms with Crippen molar-refractivity contribution in [3.63, 3.8) is 0 Å². The first-order valence-electron chi connectivity index (χ1n) is 10.4. The average molecular weight is 486 g/mol. The van der Waals surface area contributed by atoms with Crippen LogP contribution >= 0.6 is 11.3 Å². The first kappa shape index (κ1) is 23.5. The van der Waals surface area contributed by atoms with Crippen molar-refractivity contribution in [2.24, 2.45) is 5.10 Å². The van der Waals surface area contributed by atoms with Crippen molar-refractivity contribution in [2.45, 2.75) is 6.92 Å². The Morgan fingerprint density at radius 2 is 1.60 bits per heavy atom. The average Bonchev–Trinajstić information content (AvgIpc) is 3.34. The topological polar surface area (TPSA) is 123 Å². The second-order valence-corrected chi connectivity index (χ2v) is 8.18. The molecule has 174 valence electrons. The summed E-state index contributed by atoms with van der Waals surface area (Å²) in [5.41, 5.74) is 4.95. The number of aromatic nitrogens is 2. The maximum Gasteiger partial charge on any atom is 0.343 e. The van der Waals surface area contributed by atoms with Crippen LogP contribution in [-0.4, -0.2) is 34.2 Å². The van der Waals surface area contributed by atoms with E-state index in [2.05, 4.69) is 26.0 Å². The SMILES string of the molecule is Cc1ccccc1C(=O)Oc1ccc(C=NNC(=O)C(=O)Nc2nnc(-c3ccccc3)s2)cc1. The van der Waals surface area contributed by atoms with Crippen LogP contribution in [0.25, 0.3) is 10.6 Å². The van der Waals surface area contributed by atoms with Crippen LogP contribution in [0, 0.1) is 6.92 Å². The van der Waals surface area contributed by atoms with Crippen LogP contribution in [0.5, 0.6) is 5.75 Å². The molecule has 3 aromatic carbocycles. The molecule has 0 saturated carbocycles. The standard InChI is InChI=1S/C25H19N5O4S/c1-16-7-5-6-10-20(16)24(33)34-19-13-11-17(12-14-19)15-26-28-22(32)21(31)27-25-30-29-23(35-25)18-8-3-2-4-9-18/h2-15H,1H3,(H,28,32)(H,27,30,31). The lowest BCUT2D eigenvalue weighted by Gasteiger charge is -2.06. The van der Waals surface area contributed by atoms with Crippen LogP contribution in [0.1, 0.15) is 21.5 Å². The highest BCUT2D eigenvalue weighted by molar-refractivity contribution is 7.18. The van der Waals surface area contributed by atoms with Crippen LogP contribution in [0.4, 0.5) is 5.13 Å². The quantitative estimate of drug-likeness (QED) is 0.141. The van der Waals surface area contributed by atoms with Gasteiger partial charge in [-0.05, 0) is 48.4 Å². The van der Waals surface area contributed by atoms with E-state index in [-0.39, 0.29) is 5.13 Å². The zero-order chi connectivity index (χ0) is 24.6. The normalized spacial score (nSPS) is 10.7. The molecule has 0 bridgehead atoms. The third-order valence-corrected chi connectivity index (χ3v) is 5.60. The summed E-state index contributed by atoms with van der Waals surface area (Å²) in [4.78, 5) is 36.4. The Morgan fingerprint density at radius 3 is 2.34 bits per heavy atom. The predicted octanol–water partition coefficient (Wildman–Crippen LogP) is 3.82. The minimum absolute atomic E-state index is 0.198. The number of amides is 2. The lowest BCUT2D eigenvalue weighted by molar-refractivity contribution is -0.136. The lowest BCUT2D eigenvalue weighted by Crippen LogP contribution is -2.32. The number of carbonyl (C=O) groups excluding carboxylic acids is 3. The van der Waals surface area contributed by atoms with Gasteiger partial charge in [0.25, 0.3) is 0 Å². The second kappa shape index (κ2) is 10.9. The van der Waals surface area contributed by atoms with Gasteiger partial charge in [0.05, 0.1) is 11.8 Å². The Hall–Kier alpha value is -4.70. The highest BCUT2D eigenvalue weighted by Crippen LogP contribution is 2.25. The molecule has 4 rings (SSSR count). The molecule has 0 radical (unpaired) electrons. The van der Waals surface area contributed by atoms with Crippen LogP contribution in [0.3, 0.4) is 0 Å². The van der Waals surface area contributed by atoms with Crippen molar-refractivity contribution in [1.29, 1.82) is 0 Å². The van der Waals surface area contributed by atoms with E-state index in [1.807, 2.05) is 49.4 Å². The number of aryl methyl sites for hydroxylation is 1. The third kappa shape index (κ3) is 6.21. The van der Waals surface area contributed by atoms with Gasteiger partial charge in [0.15, 0.2) is 0 Å². The first-order valence-corrected chi connectivity index (χ1v) is 11.2. The first-order chi connectivity index (χ1) is 17.0. The molecule has 10 heteroatoms. The maximum absolute atomic E-state index is 12.3. The number of ether oxygens (including phenoxy) is 1. The summed E-state index contributed by atoms with van der Waals surface area (Å²) in [5.74, 6) is -1.96. The van der Waals surface area contributed by atoms with Crippen LogP contribution in [-0.2, 0) is 9.59 Å². The van der Waals surface area contributed by atoms with Crippen molar-refractivity contribution < 1.29 is 19.1 Å². The van der Waals surface area contributed by atoms with Crippen molar-refractivity contribution in [3.8, 4) is 16.3 Å². The molecule has 0 aliphatic rings. The van der Waals surface area contributed by atoms with Crippen LogP contribution in [0.2, 0.25) is 0 Å². The van der Waals surface area contributed by atoms with E-state index < -0.39 is 17.8 Å². The Kier molecular flexibility index (Phi) is 7.34. The number of hydrazone groups is 1. The lowest BCUT2D eigenvalue weighted by atomic mass is 10.1. The summed E-state index contributed by atoms with van der Waals surface area (Å²) in [5, 5.41) is 14.9. The zero-order valence-electron chi connectivity index (χ0n) is 18.5. The number of anilines is 1. The molecule has 1 aromatic heterocycles. The van der Waals surface area contributed by atoms with Gasteiger partial charge in [-0.1, -0.05) is 59.9 Å². The molecular formula is C25H19N5O4S. The van der Waals surface area contributed by atoms with Gasteiger partial charge >= 0.3 is 17.8 Å². The molecular weight excluding hydrogens is 466 g/mol. The highest BCUT2D eigenvalue weighted by atomic mass is 32.1. The molecule has 0 atom stereocenters. The van der Waals surface area contributed by atoms with E-state index in [1.54, 1.807) is 36.4 Å². The molecule has 9 nitrogen and oxygen atoms in total. The molecule has 0 unspecified atom stereocenters. The fraction of sp³-hybridized carbons (Fsp3) is 0.0400. The van der Waals surface area contributed by atoms with Crippen molar-refractivity contribution >= 4 is 40.5 Å². The van der Waals surface area contributed by atoms with E-state index in [0.29, 0.717) is 21.9 Å². The molecule has 0 spiro atoms. The number of nitrogens with one attached hydrogen (secondary N) is 2. The van der Waals surface area contributed by atoms with Crippen LogP contribution < -0.4 is 15.5 Å². The number of esters is 1. The molecule has 4 aromatic rings. The second-order valence-electron chi connectivity index (χ2n) is 7.21. The number of benzene rings is 3. The summed E-state index contributed by atoms with van der Waals surface area (Å²) in [6.07, 6.45) is 1.36. The van der Waals surface area contributed by atoms with E-state index in [9.17, 15) is 14.4 Å². The number of rotatable bonds is 6. The molecule has 0 saturated heterocycles. The predicted molar refractivity (Wildman–Crippen MR) is 132 cm³/mol. The highest BCUT2D eigenvalue weighted by Gasteiger charge is 2.16. The number of hydrogen-bond donors (Lipinski definition) is 2. The number of hydrogen-bond acceptors (Lipinski definition) is 8. The molecule has 2 amide bonds. The summed E-state index contributed by atoms with van der Waals surface area (Å²) < 4.78 is 5.38. The Bertz CT molecular complexity index is 1380. The largest absolute Gasteiger partial charge is 0.423 e. The molecule has 0 aliphatic carbocycles. The van der Waals surface area contributed by atoms with Gasteiger partial charge in [0, 0.05) is 5.56 Å². The van der Waals surface area contributed by atoms with Crippen molar-refractivity contribution in [3.05, 3.63) is 95.6 Å². The number of nitrogens with zero attached hydrogens (tertiary/aromatic N) is 3. The Balaban J connectivity index is 1.27. The van der Waals surface area contributed by atoms with Gasteiger partial charge < -0.3 is 4.74 Å². The Morgan fingerprint density at radius 1 is 0.886 bits per heavy atom. The molecule has 1 heterocycles.